The van der Waals surface area contributed by atoms with Crippen molar-refractivity contribution in [1.29, 1.82) is 0 Å². The highest BCUT2D eigenvalue weighted by molar-refractivity contribution is 6.33. The van der Waals surface area contributed by atoms with Crippen molar-refractivity contribution in [2.75, 3.05) is 11.9 Å². The minimum Gasteiger partial charge on any atom is -0.480 e. The van der Waals surface area contributed by atoms with Gasteiger partial charge < -0.3 is 14.8 Å². The molecule has 5 nitrogen and oxygen atoms in total. The number of hydrogen-bond acceptors (Lipinski definition) is 4. The molecule has 0 radical (unpaired) electrons. The third-order valence-electron chi connectivity index (χ3n) is 3.05. The zero-order valence-corrected chi connectivity index (χ0v) is 14.6. The molecule has 1 N–H and O–H groups in total. The fourth-order valence-electron chi connectivity index (χ4n) is 1.81. The van der Waals surface area contributed by atoms with Gasteiger partial charge in [0.15, 0.2) is 12.7 Å². The lowest BCUT2D eigenvalue weighted by molar-refractivity contribution is -0.155. The lowest BCUT2D eigenvalue weighted by atomic mass is 10.3. The van der Waals surface area contributed by atoms with Crippen molar-refractivity contribution in [1.82, 2.24) is 0 Å². The van der Waals surface area contributed by atoms with Crippen molar-refractivity contribution in [3.8, 4) is 5.75 Å². The first-order chi connectivity index (χ1) is 11.9. The average Bonchev–Trinajstić information content (AvgIpc) is 2.56. The molecule has 0 fully saturated rings. The van der Waals surface area contributed by atoms with Crippen LogP contribution in [0.25, 0.3) is 0 Å². The Morgan fingerprint density at radius 3 is 2.56 bits per heavy atom. The van der Waals surface area contributed by atoms with Crippen LogP contribution in [0.3, 0.4) is 0 Å². The number of anilines is 1. The Bertz CT molecular complexity index is 785. The Balaban J connectivity index is 1.85. The monoisotopic (exact) mass is 385 g/mol. The molecule has 132 valence electrons. The van der Waals surface area contributed by atoms with E-state index in [1.807, 2.05) is 0 Å². The molecule has 0 aromatic heterocycles. The number of nitrogens with one attached hydrogen (secondary N) is 1. The van der Waals surface area contributed by atoms with Crippen molar-refractivity contribution in [3.05, 3.63) is 58.3 Å². The molecule has 1 atom stereocenters. The normalized spacial score (nSPS) is 11.5. The molecule has 8 heteroatoms. The Morgan fingerprint density at radius 1 is 1.16 bits per heavy atom. The molecular weight excluding hydrogens is 372 g/mol. The van der Waals surface area contributed by atoms with Crippen molar-refractivity contribution in [2.24, 2.45) is 0 Å². The summed E-state index contributed by atoms with van der Waals surface area (Å²) in [6, 6.07) is 10.2. The zero-order chi connectivity index (χ0) is 18.4. The molecule has 0 aliphatic carbocycles. The van der Waals surface area contributed by atoms with Gasteiger partial charge in [-0.25, -0.2) is 9.18 Å². The van der Waals surface area contributed by atoms with Gasteiger partial charge in [0.2, 0.25) is 0 Å². The van der Waals surface area contributed by atoms with Crippen molar-refractivity contribution >= 4 is 40.8 Å². The molecule has 0 aliphatic heterocycles. The lowest BCUT2D eigenvalue weighted by Gasteiger charge is -2.14. The van der Waals surface area contributed by atoms with Crippen molar-refractivity contribution in [3.63, 3.8) is 0 Å². The first-order valence-electron chi connectivity index (χ1n) is 7.19. The van der Waals surface area contributed by atoms with Crippen LogP contribution in [0, 0.1) is 5.82 Å². The minimum absolute atomic E-state index is 0.0360. The fourth-order valence-corrected chi connectivity index (χ4v) is 2.21. The van der Waals surface area contributed by atoms with Crippen LogP contribution in [0.2, 0.25) is 10.0 Å². The molecule has 0 saturated heterocycles. The van der Waals surface area contributed by atoms with Crippen LogP contribution in [-0.4, -0.2) is 24.6 Å². The largest absolute Gasteiger partial charge is 0.480 e. The molecular formula is C17H14Cl2FNO4. The van der Waals surface area contributed by atoms with E-state index in [2.05, 4.69) is 5.32 Å². The Labute approximate surface area is 153 Å². The molecule has 0 saturated carbocycles. The number of esters is 1. The van der Waals surface area contributed by atoms with Crippen LogP contribution < -0.4 is 10.1 Å². The van der Waals surface area contributed by atoms with E-state index in [1.54, 1.807) is 24.3 Å². The molecule has 0 heterocycles. The summed E-state index contributed by atoms with van der Waals surface area (Å²) in [5, 5.41) is 2.84. The van der Waals surface area contributed by atoms with Crippen LogP contribution in [-0.2, 0) is 14.3 Å². The van der Waals surface area contributed by atoms with E-state index in [0.29, 0.717) is 10.8 Å². The van der Waals surface area contributed by atoms with Gasteiger partial charge in [-0.05, 0) is 37.3 Å². The third kappa shape index (κ3) is 5.62. The second kappa shape index (κ2) is 8.69. The fraction of sp³-hybridized carbons (Fsp3) is 0.176. The highest BCUT2D eigenvalue weighted by atomic mass is 35.5. The highest BCUT2D eigenvalue weighted by Crippen LogP contribution is 2.24. The predicted octanol–water partition coefficient (Wildman–Crippen LogP) is 4.08. The zero-order valence-electron chi connectivity index (χ0n) is 13.1. The maximum absolute atomic E-state index is 13.0. The number of halogens is 3. The van der Waals surface area contributed by atoms with E-state index < -0.39 is 30.4 Å². The van der Waals surface area contributed by atoms with Gasteiger partial charge in [0, 0.05) is 0 Å². The quantitative estimate of drug-likeness (QED) is 0.760. The molecule has 0 unspecified atom stereocenters. The summed E-state index contributed by atoms with van der Waals surface area (Å²) in [4.78, 5) is 23.8. The number of hydrogen-bond donors (Lipinski definition) is 1. The summed E-state index contributed by atoms with van der Waals surface area (Å²) in [5.74, 6) is -1.55. The summed E-state index contributed by atoms with van der Waals surface area (Å²) >= 11 is 11.7. The molecule has 1 amide bonds. The van der Waals surface area contributed by atoms with Gasteiger partial charge in [0.1, 0.15) is 11.6 Å². The van der Waals surface area contributed by atoms with E-state index in [0.717, 1.165) is 12.1 Å². The van der Waals surface area contributed by atoms with E-state index in [9.17, 15) is 14.0 Å². The number of para-hydroxylation sites is 1. The SMILES string of the molecule is C[C@H](OC(=O)COc1ccccc1Cl)C(=O)Nc1ccc(F)cc1Cl. The molecule has 2 rings (SSSR count). The molecule has 2 aromatic rings. The number of ether oxygens (including phenoxy) is 2. The van der Waals surface area contributed by atoms with E-state index in [4.69, 9.17) is 32.7 Å². The van der Waals surface area contributed by atoms with E-state index >= 15 is 0 Å². The second-order valence-corrected chi connectivity index (χ2v) is 5.78. The Kier molecular flexibility index (Phi) is 6.61. The van der Waals surface area contributed by atoms with Gasteiger partial charge in [-0.1, -0.05) is 35.3 Å². The summed E-state index contributed by atoms with van der Waals surface area (Å²) in [6.07, 6.45) is -1.09. The number of carbonyl (C=O) groups is 2. The van der Waals surface area contributed by atoms with Crippen molar-refractivity contribution in [2.45, 2.75) is 13.0 Å². The number of amides is 1. The first-order valence-corrected chi connectivity index (χ1v) is 7.95. The molecule has 0 bridgehead atoms. The molecule has 0 aliphatic rings. The van der Waals surface area contributed by atoms with Crippen LogP contribution in [0.5, 0.6) is 5.75 Å². The van der Waals surface area contributed by atoms with Gasteiger partial charge in [-0.3, -0.25) is 4.79 Å². The maximum Gasteiger partial charge on any atom is 0.344 e. The number of benzene rings is 2. The van der Waals surface area contributed by atoms with Gasteiger partial charge in [0.05, 0.1) is 15.7 Å². The predicted molar refractivity (Wildman–Crippen MR) is 92.5 cm³/mol. The highest BCUT2D eigenvalue weighted by Gasteiger charge is 2.19. The van der Waals surface area contributed by atoms with Crippen LogP contribution in [0.1, 0.15) is 6.92 Å². The third-order valence-corrected chi connectivity index (χ3v) is 3.67. The van der Waals surface area contributed by atoms with E-state index in [-0.39, 0.29) is 10.7 Å². The average molecular weight is 386 g/mol. The van der Waals surface area contributed by atoms with Gasteiger partial charge >= 0.3 is 5.97 Å². The summed E-state index contributed by atoms with van der Waals surface area (Å²) in [7, 11) is 0. The van der Waals surface area contributed by atoms with Crippen LogP contribution in [0.15, 0.2) is 42.5 Å². The second-order valence-electron chi connectivity index (χ2n) is 4.96. The van der Waals surface area contributed by atoms with Gasteiger partial charge in [-0.2, -0.15) is 0 Å². The Hall–Kier alpha value is -2.31. The standard InChI is InChI=1S/C17H14Cl2FNO4/c1-10(17(23)21-14-7-6-11(20)8-13(14)19)25-16(22)9-24-15-5-3-2-4-12(15)18/h2-8,10H,9H2,1H3,(H,21,23)/t10-/m0/s1. The van der Waals surface area contributed by atoms with Crippen LogP contribution >= 0.6 is 23.2 Å². The summed E-state index contributed by atoms with van der Waals surface area (Å²) < 4.78 is 23.2. The number of rotatable bonds is 6. The minimum atomic E-state index is -1.09. The number of carbonyl (C=O) groups excluding carboxylic acids is 2. The summed E-state index contributed by atoms with van der Waals surface area (Å²) in [5.41, 5.74) is 0.211. The van der Waals surface area contributed by atoms with Gasteiger partial charge in [-0.15, -0.1) is 0 Å². The van der Waals surface area contributed by atoms with Crippen LogP contribution in [0.4, 0.5) is 10.1 Å². The first kappa shape index (κ1) is 19.0. The summed E-state index contributed by atoms with van der Waals surface area (Å²) in [6.45, 7) is 0.985. The lowest BCUT2D eigenvalue weighted by Crippen LogP contribution is -2.31. The molecule has 2 aromatic carbocycles. The van der Waals surface area contributed by atoms with E-state index in [1.165, 1.54) is 13.0 Å². The molecule has 25 heavy (non-hydrogen) atoms. The maximum atomic E-state index is 13.0. The van der Waals surface area contributed by atoms with Crippen molar-refractivity contribution < 1.29 is 23.5 Å². The van der Waals surface area contributed by atoms with Gasteiger partial charge in [0.25, 0.3) is 5.91 Å². The Morgan fingerprint density at radius 2 is 1.88 bits per heavy atom. The topological polar surface area (TPSA) is 64.6 Å². The molecule has 0 spiro atoms. The smallest absolute Gasteiger partial charge is 0.344 e.